The van der Waals surface area contributed by atoms with Gasteiger partial charge in [0.1, 0.15) is 17.9 Å². The maximum Gasteiger partial charge on any atom is 0.573 e. The monoisotopic (exact) mass is 608 g/mol. The molecule has 0 bridgehead atoms. The van der Waals surface area contributed by atoms with Crippen LogP contribution in [0, 0.1) is 20.8 Å². The topological polar surface area (TPSA) is 86.3 Å². The van der Waals surface area contributed by atoms with Gasteiger partial charge in [-0.3, -0.25) is 4.57 Å². The van der Waals surface area contributed by atoms with Crippen molar-refractivity contribution in [2.45, 2.75) is 27.1 Å². The molecule has 0 radical (unpaired) electrons. The van der Waals surface area contributed by atoms with Gasteiger partial charge >= 0.3 is 12.4 Å². The average Bonchev–Trinajstić information content (AvgIpc) is 3.59. The van der Waals surface area contributed by atoms with Gasteiger partial charge in [-0.15, -0.1) is 29.6 Å². The predicted molar refractivity (Wildman–Crippen MR) is 155 cm³/mol. The number of carbonyl (C=O) groups is 1. The second-order valence-corrected chi connectivity index (χ2v) is 10.3. The molecule has 0 spiro atoms. The van der Waals surface area contributed by atoms with Crippen LogP contribution in [0.4, 0.5) is 22.4 Å². The molecule has 2 heterocycles. The van der Waals surface area contributed by atoms with E-state index in [-0.39, 0.29) is 11.3 Å². The summed E-state index contributed by atoms with van der Waals surface area (Å²) in [5.41, 5.74) is 5.20. The smallest absolute Gasteiger partial charge is 0.406 e. The number of halogens is 4. The van der Waals surface area contributed by atoms with Crippen LogP contribution < -0.4 is 14.9 Å². The number of alkyl halides is 3. The third-order valence-electron chi connectivity index (χ3n) is 6.31. The third kappa shape index (κ3) is 6.89. The quantitative estimate of drug-likeness (QED) is 0.207. The van der Waals surface area contributed by atoms with Gasteiger partial charge in [-0.1, -0.05) is 42.5 Å². The van der Waals surface area contributed by atoms with Gasteiger partial charge in [-0.2, -0.15) is 4.99 Å². The molecule has 0 unspecified atom stereocenters. The van der Waals surface area contributed by atoms with E-state index in [1.165, 1.54) is 58.7 Å². The van der Waals surface area contributed by atoms with Crippen LogP contribution in [-0.4, -0.2) is 31.7 Å². The number of benzene rings is 3. The molecule has 2 amide bonds. The van der Waals surface area contributed by atoms with Crippen LogP contribution in [0.5, 0.6) is 5.75 Å². The van der Waals surface area contributed by atoms with Gasteiger partial charge in [-0.05, 0) is 56.2 Å². The Morgan fingerprint density at radius 1 is 1.00 bits per heavy atom. The summed E-state index contributed by atoms with van der Waals surface area (Å²) in [6, 6.07) is 16.6. The molecule has 0 aliphatic heterocycles. The van der Waals surface area contributed by atoms with Crippen molar-refractivity contribution in [3.05, 3.63) is 112 Å². The molecule has 8 nitrogen and oxygen atoms in total. The normalized spacial score (nSPS) is 12.4. The molecule has 2 aromatic heterocycles. The molecule has 3 aromatic carbocycles. The van der Waals surface area contributed by atoms with Gasteiger partial charge < -0.3 is 10.1 Å². The molecule has 0 atom stereocenters. The van der Waals surface area contributed by atoms with Crippen LogP contribution in [0.3, 0.4) is 0 Å². The lowest BCUT2D eigenvalue weighted by Gasteiger charge is -2.12. The SMILES string of the molecule is Cc1cccc(C)c1-n1c(C)cs/c1=N\C(=O)N/C=C(\F)c1ccc(-c2ncn(-c3ccc(OC(F)(F)F)cc3)n2)cc1. The van der Waals surface area contributed by atoms with E-state index in [2.05, 4.69) is 25.1 Å². The lowest BCUT2D eigenvalue weighted by molar-refractivity contribution is -0.274. The molecule has 13 heteroatoms. The Hall–Kier alpha value is -5.04. The van der Waals surface area contributed by atoms with Gasteiger partial charge in [0.15, 0.2) is 10.6 Å². The molecule has 43 heavy (non-hydrogen) atoms. The van der Waals surface area contributed by atoms with Crippen molar-refractivity contribution in [1.82, 2.24) is 24.6 Å². The average molecular weight is 609 g/mol. The Bertz CT molecular complexity index is 1850. The number of urea groups is 1. The number of nitrogens with zero attached hydrogens (tertiary/aromatic N) is 5. The van der Waals surface area contributed by atoms with Crippen molar-refractivity contribution < 1.29 is 27.1 Å². The van der Waals surface area contributed by atoms with Crippen molar-refractivity contribution in [3.8, 4) is 28.5 Å². The zero-order valence-electron chi connectivity index (χ0n) is 23.1. The Kier molecular flexibility index (Phi) is 8.26. The first kappa shape index (κ1) is 29.5. The number of hydrogen-bond acceptors (Lipinski definition) is 5. The summed E-state index contributed by atoms with van der Waals surface area (Å²) in [7, 11) is 0. The zero-order chi connectivity index (χ0) is 30.7. The first-order valence-corrected chi connectivity index (χ1v) is 13.7. The van der Waals surface area contributed by atoms with Gasteiger partial charge in [-0.25, -0.2) is 18.9 Å². The summed E-state index contributed by atoms with van der Waals surface area (Å²) >= 11 is 1.31. The van der Waals surface area contributed by atoms with E-state index in [9.17, 15) is 22.4 Å². The fourth-order valence-electron chi connectivity index (χ4n) is 4.33. The molecule has 0 aliphatic rings. The first-order chi connectivity index (χ1) is 20.5. The molecular formula is C30H24F4N6O2S. The van der Waals surface area contributed by atoms with Crippen molar-refractivity contribution in [2.24, 2.45) is 4.99 Å². The van der Waals surface area contributed by atoms with E-state index in [1.54, 1.807) is 12.1 Å². The summed E-state index contributed by atoms with van der Waals surface area (Å²) in [4.78, 5) is 21.4. The van der Waals surface area contributed by atoms with E-state index < -0.39 is 18.2 Å². The minimum atomic E-state index is -4.78. The number of aryl methyl sites for hydroxylation is 3. The number of nitrogens with one attached hydrogen (secondary N) is 1. The van der Waals surface area contributed by atoms with Crippen LogP contribution in [0.15, 0.2) is 89.6 Å². The molecule has 0 aliphatic carbocycles. The number of para-hydroxylation sites is 1. The molecule has 0 saturated carbocycles. The lowest BCUT2D eigenvalue weighted by Crippen LogP contribution is -2.22. The predicted octanol–water partition coefficient (Wildman–Crippen LogP) is 7.19. The number of carbonyl (C=O) groups excluding carboxylic acids is 1. The summed E-state index contributed by atoms with van der Waals surface area (Å²) in [5.74, 6) is -0.712. The van der Waals surface area contributed by atoms with Gasteiger partial charge in [0.25, 0.3) is 0 Å². The lowest BCUT2D eigenvalue weighted by atomic mass is 10.1. The summed E-state index contributed by atoms with van der Waals surface area (Å²) in [6.07, 6.45) is -2.43. The van der Waals surface area contributed by atoms with Gasteiger partial charge in [0.05, 0.1) is 11.4 Å². The number of amides is 2. The van der Waals surface area contributed by atoms with E-state index in [4.69, 9.17) is 0 Å². The van der Waals surface area contributed by atoms with Gasteiger partial charge in [0, 0.05) is 28.4 Å². The fourth-order valence-corrected chi connectivity index (χ4v) is 5.19. The number of thiazole rings is 1. The molecule has 1 N–H and O–H groups in total. The highest BCUT2D eigenvalue weighted by molar-refractivity contribution is 7.07. The van der Waals surface area contributed by atoms with Crippen LogP contribution in [0.1, 0.15) is 22.4 Å². The summed E-state index contributed by atoms with van der Waals surface area (Å²) < 4.78 is 59.2. The highest BCUT2D eigenvalue weighted by atomic mass is 32.1. The Morgan fingerprint density at radius 2 is 1.67 bits per heavy atom. The Morgan fingerprint density at radius 3 is 2.33 bits per heavy atom. The van der Waals surface area contributed by atoms with Crippen LogP contribution in [0.2, 0.25) is 0 Å². The number of rotatable bonds is 6. The van der Waals surface area contributed by atoms with E-state index in [0.717, 1.165) is 28.7 Å². The number of hydrogen-bond donors (Lipinski definition) is 1. The van der Waals surface area contributed by atoms with Crippen molar-refractivity contribution in [2.75, 3.05) is 0 Å². The molecule has 5 rings (SSSR count). The Balaban J connectivity index is 1.27. The van der Waals surface area contributed by atoms with Crippen LogP contribution >= 0.6 is 11.3 Å². The Labute approximate surface area is 247 Å². The highest BCUT2D eigenvalue weighted by Gasteiger charge is 2.31. The van der Waals surface area contributed by atoms with Crippen molar-refractivity contribution in [1.29, 1.82) is 0 Å². The molecular weight excluding hydrogens is 584 g/mol. The molecule has 0 saturated heterocycles. The second kappa shape index (κ2) is 12.1. The maximum atomic E-state index is 14.9. The largest absolute Gasteiger partial charge is 0.573 e. The van der Waals surface area contributed by atoms with Crippen LogP contribution in [0.25, 0.3) is 28.6 Å². The zero-order valence-corrected chi connectivity index (χ0v) is 23.9. The third-order valence-corrected chi connectivity index (χ3v) is 7.25. The molecule has 5 aromatic rings. The van der Waals surface area contributed by atoms with E-state index >= 15 is 0 Å². The fraction of sp³-hybridized carbons (Fsp3) is 0.133. The molecule has 0 fully saturated rings. The molecule has 220 valence electrons. The second-order valence-electron chi connectivity index (χ2n) is 9.42. The number of ether oxygens (including phenoxy) is 1. The minimum absolute atomic E-state index is 0.210. The number of aromatic nitrogens is 4. The van der Waals surface area contributed by atoms with E-state index in [0.29, 0.717) is 21.9 Å². The van der Waals surface area contributed by atoms with Crippen LogP contribution in [-0.2, 0) is 0 Å². The van der Waals surface area contributed by atoms with Crippen molar-refractivity contribution >= 4 is 23.2 Å². The van der Waals surface area contributed by atoms with Gasteiger partial charge in [0.2, 0.25) is 0 Å². The summed E-state index contributed by atoms with van der Waals surface area (Å²) in [6.45, 7) is 5.90. The first-order valence-electron chi connectivity index (χ1n) is 12.8. The standard InChI is InChI=1S/C30H24F4N6O2S/c1-18-5-4-6-19(2)26(18)40-20(3)16-43-29(40)37-28(41)35-15-25(31)21-7-9-22(10-8-21)27-36-17-39(38-27)23-11-13-24(14-12-23)42-30(32,33)34/h4-17H,1-3H3,(H,35,41)/b25-15-,37-29-. The minimum Gasteiger partial charge on any atom is -0.406 e. The maximum absolute atomic E-state index is 14.9. The summed E-state index contributed by atoms with van der Waals surface area (Å²) in [5, 5.41) is 8.62. The van der Waals surface area contributed by atoms with Crippen molar-refractivity contribution in [3.63, 3.8) is 0 Å². The highest BCUT2D eigenvalue weighted by Crippen LogP contribution is 2.25. The van der Waals surface area contributed by atoms with E-state index in [1.807, 2.05) is 48.9 Å².